The Morgan fingerprint density at radius 1 is 1.47 bits per heavy atom. The van der Waals surface area contributed by atoms with Crippen LogP contribution in [0.3, 0.4) is 0 Å². The maximum atomic E-state index is 5.88. The molecule has 1 rings (SSSR count). The highest BCUT2D eigenvalue weighted by Crippen LogP contribution is 2.36. The Hall–Kier alpha value is -0.340. The van der Waals surface area contributed by atoms with Crippen LogP contribution in [0.1, 0.15) is 40.0 Å². The van der Waals surface area contributed by atoms with Gasteiger partial charge in [-0.3, -0.25) is 0 Å². The molecule has 15 heavy (non-hydrogen) atoms. The minimum atomic E-state index is 0.395. The summed E-state index contributed by atoms with van der Waals surface area (Å²) in [7, 11) is 0. The van der Waals surface area contributed by atoms with E-state index in [1.165, 1.54) is 18.4 Å². The molecule has 0 heterocycles. The normalized spacial score (nSPS) is 19.9. The van der Waals surface area contributed by atoms with Crippen molar-refractivity contribution in [1.29, 1.82) is 0 Å². The lowest BCUT2D eigenvalue weighted by Gasteiger charge is -2.28. The maximum Gasteiger partial charge on any atom is 0.0759 e. The molecule has 1 N–H and O–H groups in total. The highest BCUT2D eigenvalue weighted by Gasteiger charge is 2.36. The number of rotatable bonds is 8. The first-order chi connectivity index (χ1) is 7.19. The van der Waals surface area contributed by atoms with Gasteiger partial charge in [-0.1, -0.05) is 12.5 Å². The SMILES string of the molecule is C=C(C)CC(NCC)C(OCC)C1CC1. The van der Waals surface area contributed by atoms with Crippen molar-refractivity contribution in [1.82, 2.24) is 5.32 Å². The highest BCUT2D eigenvalue weighted by molar-refractivity contribution is 4.99. The maximum absolute atomic E-state index is 5.88. The Balaban J connectivity index is 2.51. The van der Waals surface area contributed by atoms with Gasteiger partial charge in [0, 0.05) is 12.6 Å². The third-order valence-corrected chi connectivity index (χ3v) is 2.88. The van der Waals surface area contributed by atoms with Crippen LogP contribution in [0.15, 0.2) is 12.2 Å². The van der Waals surface area contributed by atoms with E-state index in [2.05, 4.69) is 32.7 Å². The molecule has 0 bridgehead atoms. The Bertz CT molecular complexity index is 199. The zero-order chi connectivity index (χ0) is 11.3. The van der Waals surface area contributed by atoms with Crippen molar-refractivity contribution in [3.05, 3.63) is 12.2 Å². The van der Waals surface area contributed by atoms with Crippen LogP contribution in [-0.2, 0) is 4.74 Å². The van der Waals surface area contributed by atoms with Crippen LogP contribution < -0.4 is 5.32 Å². The first-order valence-electron chi connectivity index (χ1n) is 6.18. The largest absolute Gasteiger partial charge is 0.377 e. The molecule has 0 aromatic rings. The fourth-order valence-electron chi connectivity index (χ4n) is 2.14. The predicted octanol–water partition coefficient (Wildman–Crippen LogP) is 2.75. The molecule has 1 aliphatic rings. The van der Waals surface area contributed by atoms with E-state index in [1.807, 2.05) is 0 Å². The molecule has 88 valence electrons. The van der Waals surface area contributed by atoms with Crippen molar-refractivity contribution < 1.29 is 4.74 Å². The fraction of sp³-hybridized carbons (Fsp3) is 0.846. The first kappa shape index (κ1) is 12.7. The molecule has 0 amide bonds. The number of hydrogen-bond acceptors (Lipinski definition) is 2. The lowest BCUT2D eigenvalue weighted by molar-refractivity contribution is 0.0196. The average Bonchev–Trinajstić information content (AvgIpc) is 2.96. The third kappa shape index (κ3) is 4.35. The molecule has 2 heteroatoms. The van der Waals surface area contributed by atoms with Crippen molar-refractivity contribution in [2.24, 2.45) is 5.92 Å². The van der Waals surface area contributed by atoms with Gasteiger partial charge in [0.25, 0.3) is 0 Å². The fourth-order valence-corrected chi connectivity index (χ4v) is 2.14. The van der Waals surface area contributed by atoms with Crippen LogP contribution in [0.5, 0.6) is 0 Å². The Labute approximate surface area is 94.1 Å². The summed E-state index contributed by atoms with van der Waals surface area (Å²) in [5.74, 6) is 0.786. The van der Waals surface area contributed by atoms with E-state index in [0.717, 1.165) is 25.5 Å². The zero-order valence-corrected chi connectivity index (χ0v) is 10.4. The molecule has 0 saturated heterocycles. The van der Waals surface area contributed by atoms with Crippen molar-refractivity contribution >= 4 is 0 Å². The molecule has 2 unspecified atom stereocenters. The summed E-state index contributed by atoms with van der Waals surface area (Å²) < 4.78 is 5.88. The zero-order valence-electron chi connectivity index (χ0n) is 10.4. The van der Waals surface area contributed by atoms with E-state index in [0.29, 0.717) is 12.1 Å². The summed E-state index contributed by atoms with van der Waals surface area (Å²) in [4.78, 5) is 0. The van der Waals surface area contributed by atoms with E-state index >= 15 is 0 Å². The molecule has 0 aromatic carbocycles. The van der Waals surface area contributed by atoms with Crippen LogP contribution >= 0.6 is 0 Å². The van der Waals surface area contributed by atoms with Gasteiger partial charge < -0.3 is 10.1 Å². The summed E-state index contributed by atoms with van der Waals surface area (Å²) in [6, 6.07) is 0.458. The number of likely N-dealkylation sites (N-methyl/N-ethyl adjacent to an activating group) is 1. The van der Waals surface area contributed by atoms with Crippen molar-refractivity contribution in [2.75, 3.05) is 13.2 Å². The molecule has 0 radical (unpaired) electrons. The molecular weight excluding hydrogens is 186 g/mol. The lowest BCUT2D eigenvalue weighted by atomic mass is 9.99. The second-order valence-corrected chi connectivity index (χ2v) is 4.58. The molecule has 1 aliphatic carbocycles. The Kier molecular flexibility index (Phi) is 5.34. The third-order valence-electron chi connectivity index (χ3n) is 2.88. The van der Waals surface area contributed by atoms with Gasteiger partial charge in [-0.25, -0.2) is 0 Å². The summed E-state index contributed by atoms with van der Waals surface area (Å²) in [6.07, 6.45) is 4.10. The van der Waals surface area contributed by atoms with Gasteiger partial charge in [0.1, 0.15) is 0 Å². The lowest BCUT2D eigenvalue weighted by Crippen LogP contribution is -2.42. The van der Waals surface area contributed by atoms with E-state index in [1.54, 1.807) is 0 Å². The minimum Gasteiger partial charge on any atom is -0.377 e. The van der Waals surface area contributed by atoms with E-state index in [-0.39, 0.29) is 0 Å². The topological polar surface area (TPSA) is 21.3 Å². The van der Waals surface area contributed by atoms with Gasteiger partial charge in [0.05, 0.1) is 6.10 Å². The van der Waals surface area contributed by atoms with Crippen molar-refractivity contribution in [2.45, 2.75) is 52.2 Å². The molecule has 2 nitrogen and oxygen atoms in total. The van der Waals surface area contributed by atoms with Gasteiger partial charge in [-0.15, -0.1) is 6.58 Å². The van der Waals surface area contributed by atoms with Crippen LogP contribution in [0.4, 0.5) is 0 Å². The second-order valence-electron chi connectivity index (χ2n) is 4.58. The van der Waals surface area contributed by atoms with E-state index in [9.17, 15) is 0 Å². The number of ether oxygens (including phenoxy) is 1. The average molecular weight is 211 g/mol. The van der Waals surface area contributed by atoms with Crippen molar-refractivity contribution in [3.63, 3.8) is 0 Å². The van der Waals surface area contributed by atoms with Crippen LogP contribution in [0, 0.1) is 5.92 Å². The first-order valence-corrected chi connectivity index (χ1v) is 6.18. The Morgan fingerprint density at radius 2 is 2.13 bits per heavy atom. The molecule has 0 aliphatic heterocycles. The molecular formula is C13H25NO. The second kappa shape index (κ2) is 6.29. The van der Waals surface area contributed by atoms with Gasteiger partial charge in [-0.05, 0) is 45.6 Å². The van der Waals surface area contributed by atoms with Crippen LogP contribution in [0.2, 0.25) is 0 Å². The summed E-state index contributed by atoms with van der Waals surface area (Å²) in [5.41, 5.74) is 1.24. The standard InChI is InChI=1S/C13H25NO/c1-5-14-12(9-10(3)4)13(15-6-2)11-7-8-11/h11-14H,3,5-9H2,1-2,4H3. The van der Waals surface area contributed by atoms with Gasteiger partial charge in [0.15, 0.2) is 0 Å². The highest BCUT2D eigenvalue weighted by atomic mass is 16.5. The quantitative estimate of drug-likeness (QED) is 0.623. The predicted molar refractivity (Wildman–Crippen MR) is 65.0 cm³/mol. The summed E-state index contributed by atoms with van der Waals surface area (Å²) in [6.45, 7) is 12.2. The summed E-state index contributed by atoms with van der Waals surface area (Å²) in [5, 5.41) is 3.53. The van der Waals surface area contributed by atoms with Gasteiger partial charge >= 0.3 is 0 Å². The smallest absolute Gasteiger partial charge is 0.0759 e. The Morgan fingerprint density at radius 3 is 2.53 bits per heavy atom. The van der Waals surface area contributed by atoms with Gasteiger partial charge in [-0.2, -0.15) is 0 Å². The van der Waals surface area contributed by atoms with Crippen LogP contribution in [0.25, 0.3) is 0 Å². The monoisotopic (exact) mass is 211 g/mol. The van der Waals surface area contributed by atoms with Crippen LogP contribution in [-0.4, -0.2) is 25.3 Å². The van der Waals surface area contributed by atoms with E-state index in [4.69, 9.17) is 4.74 Å². The minimum absolute atomic E-state index is 0.395. The summed E-state index contributed by atoms with van der Waals surface area (Å²) >= 11 is 0. The molecule has 0 aromatic heterocycles. The number of hydrogen-bond donors (Lipinski definition) is 1. The molecule has 1 fully saturated rings. The van der Waals surface area contributed by atoms with E-state index < -0.39 is 0 Å². The number of nitrogens with one attached hydrogen (secondary N) is 1. The van der Waals surface area contributed by atoms with Gasteiger partial charge in [0.2, 0.25) is 0 Å². The molecule has 2 atom stereocenters. The molecule has 1 saturated carbocycles. The molecule has 0 spiro atoms. The van der Waals surface area contributed by atoms with Crippen molar-refractivity contribution in [3.8, 4) is 0 Å².